The topological polar surface area (TPSA) is 71.2 Å². The van der Waals surface area contributed by atoms with Crippen LogP contribution in [0.15, 0.2) is 31.0 Å². The number of nitrogens with two attached hydrogens (primary N) is 1. The summed E-state index contributed by atoms with van der Waals surface area (Å²) in [7, 11) is 0. The van der Waals surface area contributed by atoms with Crippen LogP contribution in [0.4, 0.5) is 11.5 Å². The maximum atomic E-state index is 11.9. The summed E-state index contributed by atoms with van der Waals surface area (Å²) < 4.78 is 0. The molecule has 0 aliphatic carbocycles. The summed E-state index contributed by atoms with van der Waals surface area (Å²) in [4.78, 5) is 18.5. The number of aromatic nitrogens is 1. The predicted octanol–water partition coefficient (Wildman–Crippen LogP) is 1.52. The van der Waals surface area contributed by atoms with E-state index in [1.54, 1.807) is 12.3 Å². The van der Waals surface area contributed by atoms with Gasteiger partial charge in [-0.15, -0.1) is 6.58 Å². The number of anilines is 2. The molecule has 0 bridgehead atoms. The Hall–Kier alpha value is -1.88. The molecule has 0 spiro atoms. The maximum absolute atomic E-state index is 11.9. The molecule has 5 nitrogen and oxygen atoms in total. The Kier molecular flexibility index (Phi) is 4.52. The van der Waals surface area contributed by atoms with Gasteiger partial charge in [-0.05, 0) is 31.4 Å². The van der Waals surface area contributed by atoms with Gasteiger partial charge in [0.1, 0.15) is 0 Å². The Morgan fingerprint density at radius 1 is 1.58 bits per heavy atom. The zero-order valence-corrected chi connectivity index (χ0v) is 11.0. The maximum Gasteiger partial charge on any atom is 0.241 e. The first-order chi connectivity index (χ1) is 9.22. The van der Waals surface area contributed by atoms with Crippen molar-refractivity contribution in [1.82, 2.24) is 4.98 Å². The van der Waals surface area contributed by atoms with Crippen LogP contribution >= 0.6 is 0 Å². The Labute approximate surface area is 113 Å². The minimum Gasteiger partial charge on any atom is -0.355 e. The van der Waals surface area contributed by atoms with Crippen LogP contribution in [0.1, 0.15) is 19.3 Å². The molecule has 2 rings (SSSR count). The Morgan fingerprint density at radius 2 is 2.32 bits per heavy atom. The van der Waals surface area contributed by atoms with E-state index in [4.69, 9.17) is 5.73 Å². The molecule has 1 amide bonds. The standard InChI is InChI=1S/C14H20N4O/c1-2-6-11(15)14(19)17-12-7-5-8-16-13(12)18-9-3-4-10-18/h2,5,7-8,11H,1,3-4,6,9-10,15H2,(H,17,19). The van der Waals surface area contributed by atoms with E-state index in [1.165, 1.54) is 12.8 Å². The van der Waals surface area contributed by atoms with Crippen LogP contribution in [0.3, 0.4) is 0 Å². The van der Waals surface area contributed by atoms with Crippen molar-refractivity contribution in [2.75, 3.05) is 23.3 Å². The Morgan fingerprint density at radius 3 is 3.00 bits per heavy atom. The van der Waals surface area contributed by atoms with Crippen LogP contribution in [0.25, 0.3) is 0 Å². The molecule has 1 unspecified atom stereocenters. The van der Waals surface area contributed by atoms with Gasteiger partial charge >= 0.3 is 0 Å². The fraction of sp³-hybridized carbons (Fsp3) is 0.429. The second kappa shape index (κ2) is 6.33. The first-order valence-electron chi connectivity index (χ1n) is 6.59. The van der Waals surface area contributed by atoms with Gasteiger partial charge in [0.25, 0.3) is 0 Å². The van der Waals surface area contributed by atoms with Gasteiger partial charge in [-0.2, -0.15) is 0 Å². The van der Waals surface area contributed by atoms with Crippen LogP contribution in [0, 0.1) is 0 Å². The highest BCUT2D eigenvalue weighted by Crippen LogP contribution is 2.26. The lowest BCUT2D eigenvalue weighted by Crippen LogP contribution is -2.35. The average Bonchev–Trinajstić information content (AvgIpc) is 2.93. The smallest absolute Gasteiger partial charge is 0.241 e. The normalized spacial score (nSPS) is 16.2. The zero-order valence-electron chi connectivity index (χ0n) is 11.0. The molecule has 5 heteroatoms. The first-order valence-corrected chi connectivity index (χ1v) is 6.59. The van der Waals surface area contributed by atoms with Gasteiger partial charge in [0.15, 0.2) is 5.82 Å². The highest BCUT2D eigenvalue weighted by molar-refractivity contribution is 5.97. The summed E-state index contributed by atoms with van der Waals surface area (Å²) in [5, 5.41) is 2.86. The second-order valence-electron chi connectivity index (χ2n) is 4.69. The van der Waals surface area contributed by atoms with E-state index in [1.807, 2.05) is 12.1 Å². The van der Waals surface area contributed by atoms with Crippen LogP contribution in [0.5, 0.6) is 0 Å². The average molecular weight is 260 g/mol. The fourth-order valence-corrected chi connectivity index (χ4v) is 2.19. The third kappa shape index (κ3) is 3.32. The number of pyridine rings is 1. The van der Waals surface area contributed by atoms with Crippen LogP contribution in [0.2, 0.25) is 0 Å². The summed E-state index contributed by atoms with van der Waals surface area (Å²) in [6, 6.07) is 3.11. The van der Waals surface area contributed by atoms with Crippen molar-refractivity contribution in [3.63, 3.8) is 0 Å². The van der Waals surface area contributed by atoms with Gasteiger partial charge in [0.05, 0.1) is 11.7 Å². The Bertz CT molecular complexity index is 455. The van der Waals surface area contributed by atoms with Crippen molar-refractivity contribution in [3.8, 4) is 0 Å². The van der Waals surface area contributed by atoms with Crippen molar-refractivity contribution < 1.29 is 4.79 Å². The van der Waals surface area contributed by atoms with Crippen molar-refractivity contribution in [2.24, 2.45) is 5.73 Å². The van der Waals surface area contributed by atoms with Crippen molar-refractivity contribution in [2.45, 2.75) is 25.3 Å². The van der Waals surface area contributed by atoms with Crippen molar-refractivity contribution >= 4 is 17.4 Å². The lowest BCUT2D eigenvalue weighted by Gasteiger charge is -2.20. The molecule has 1 fully saturated rings. The molecular weight excluding hydrogens is 240 g/mol. The highest BCUT2D eigenvalue weighted by atomic mass is 16.2. The first kappa shape index (κ1) is 13.5. The lowest BCUT2D eigenvalue weighted by atomic mass is 10.2. The van der Waals surface area contributed by atoms with Gasteiger partial charge in [-0.25, -0.2) is 4.98 Å². The van der Waals surface area contributed by atoms with E-state index in [0.29, 0.717) is 6.42 Å². The molecular formula is C14H20N4O. The summed E-state index contributed by atoms with van der Waals surface area (Å²) in [5.74, 6) is 0.632. The van der Waals surface area contributed by atoms with Gasteiger partial charge in [-0.1, -0.05) is 6.08 Å². The zero-order chi connectivity index (χ0) is 13.7. The molecule has 0 radical (unpaired) electrons. The summed E-state index contributed by atoms with van der Waals surface area (Å²) in [6.45, 7) is 5.56. The van der Waals surface area contributed by atoms with Crippen molar-refractivity contribution in [1.29, 1.82) is 0 Å². The van der Waals surface area contributed by atoms with Crippen LogP contribution < -0.4 is 16.0 Å². The Balaban J connectivity index is 2.11. The summed E-state index contributed by atoms with van der Waals surface area (Å²) in [5.41, 5.74) is 6.49. The number of amides is 1. The fourth-order valence-electron chi connectivity index (χ4n) is 2.19. The van der Waals surface area contributed by atoms with E-state index in [2.05, 4.69) is 21.8 Å². The number of hydrogen-bond acceptors (Lipinski definition) is 4. The lowest BCUT2D eigenvalue weighted by molar-refractivity contribution is -0.117. The minimum atomic E-state index is -0.566. The molecule has 1 aromatic heterocycles. The predicted molar refractivity (Wildman–Crippen MR) is 77.1 cm³/mol. The second-order valence-corrected chi connectivity index (χ2v) is 4.69. The van der Waals surface area contributed by atoms with E-state index < -0.39 is 6.04 Å². The van der Waals surface area contributed by atoms with Gasteiger partial charge in [0, 0.05) is 19.3 Å². The number of carbonyl (C=O) groups is 1. The quantitative estimate of drug-likeness (QED) is 0.787. The number of nitrogens with zero attached hydrogens (tertiary/aromatic N) is 2. The van der Waals surface area contributed by atoms with Gasteiger partial charge in [-0.3, -0.25) is 4.79 Å². The SMILES string of the molecule is C=CCC(N)C(=O)Nc1cccnc1N1CCCC1. The molecule has 1 aliphatic heterocycles. The molecule has 1 atom stereocenters. The summed E-state index contributed by atoms with van der Waals surface area (Å²) >= 11 is 0. The van der Waals surface area contributed by atoms with E-state index >= 15 is 0 Å². The van der Waals surface area contributed by atoms with Gasteiger partial charge in [0.2, 0.25) is 5.91 Å². The monoisotopic (exact) mass is 260 g/mol. The molecule has 102 valence electrons. The largest absolute Gasteiger partial charge is 0.355 e. The molecule has 0 aromatic carbocycles. The molecule has 1 aromatic rings. The van der Waals surface area contributed by atoms with Crippen molar-refractivity contribution in [3.05, 3.63) is 31.0 Å². The third-order valence-electron chi connectivity index (χ3n) is 3.21. The number of nitrogens with one attached hydrogen (secondary N) is 1. The molecule has 19 heavy (non-hydrogen) atoms. The highest BCUT2D eigenvalue weighted by Gasteiger charge is 2.19. The van der Waals surface area contributed by atoms with Crippen LogP contribution in [-0.2, 0) is 4.79 Å². The number of rotatable bonds is 5. The molecule has 0 saturated carbocycles. The number of hydrogen-bond donors (Lipinski definition) is 2. The molecule has 2 heterocycles. The van der Waals surface area contributed by atoms with Crippen LogP contribution in [-0.4, -0.2) is 30.0 Å². The number of carbonyl (C=O) groups excluding carboxylic acids is 1. The molecule has 1 saturated heterocycles. The molecule has 3 N–H and O–H groups in total. The van der Waals surface area contributed by atoms with E-state index in [9.17, 15) is 4.79 Å². The molecule has 1 aliphatic rings. The van der Waals surface area contributed by atoms with E-state index in [-0.39, 0.29) is 5.91 Å². The summed E-state index contributed by atoms with van der Waals surface area (Å²) in [6.07, 6.45) is 6.19. The van der Waals surface area contributed by atoms with Gasteiger partial charge < -0.3 is 16.0 Å². The van der Waals surface area contributed by atoms with E-state index in [0.717, 1.165) is 24.6 Å². The third-order valence-corrected chi connectivity index (χ3v) is 3.21. The minimum absolute atomic E-state index is 0.201.